The summed E-state index contributed by atoms with van der Waals surface area (Å²) in [7, 11) is 1.51. The standard InChI is InChI=1S/C22H26ClFN4O4/c1-4-32-22(31)15-6-5-11-27(12-15)18(29)13-26(3)21(30)19-14(2)25-28(20(19)23)17-9-7-16(24)8-10-17/h7-10,15H,4-6,11-13H2,1-3H3. The van der Waals surface area contributed by atoms with Crippen LogP contribution >= 0.6 is 11.6 Å². The fourth-order valence-corrected chi connectivity index (χ4v) is 4.07. The van der Waals surface area contributed by atoms with Crippen LogP contribution in [0.5, 0.6) is 0 Å². The zero-order valence-corrected chi connectivity index (χ0v) is 19.1. The highest BCUT2D eigenvalue weighted by atomic mass is 35.5. The van der Waals surface area contributed by atoms with E-state index in [1.807, 2.05) is 0 Å². The molecule has 10 heteroatoms. The molecule has 1 atom stereocenters. The van der Waals surface area contributed by atoms with E-state index in [-0.39, 0.29) is 41.6 Å². The van der Waals surface area contributed by atoms with Crippen molar-refractivity contribution in [3.63, 3.8) is 0 Å². The van der Waals surface area contributed by atoms with Crippen LogP contribution < -0.4 is 0 Å². The molecular formula is C22H26ClFN4O4. The molecule has 32 heavy (non-hydrogen) atoms. The monoisotopic (exact) mass is 464 g/mol. The van der Waals surface area contributed by atoms with E-state index < -0.39 is 11.7 Å². The second kappa shape index (κ2) is 10.1. The third kappa shape index (κ3) is 5.09. The zero-order valence-electron chi connectivity index (χ0n) is 18.3. The number of hydrogen-bond donors (Lipinski definition) is 0. The highest BCUT2D eigenvalue weighted by Crippen LogP contribution is 2.25. The summed E-state index contributed by atoms with van der Waals surface area (Å²) in [5.41, 5.74) is 1.08. The van der Waals surface area contributed by atoms with Crippen LogP contribution in [0.3, 0.4) is 0 Å². The predicted molar refractivity (Wildman–Crippen MR) is 116 cm³/mol. The highest BCUT2D eigenvalue weighted by molar-refractivity contribution is 6.33. The molecule has 0 radical (unpaired) electrons. The van der Waals surface area contributed by atoms with Gasteiger partial charge >= 0.3 is 5.97 Å². The summed E-state index contributed by atoms with van der Waals surface area (Å²) < 4.78 is 19.6. The van der Waals surface area contributed by atoms with Gasteiger partial charge in [-0.05, 0) is 51.0 Å². The summed E-state index contributed by atoms with van der Waals surface area (Å²) in [6.07, 6.45) is 1.37. The fourth-order valence-electron chi connectivity index (χ4n) is 3.72. The molecule has 1 unspecified atom stereocenters. The van der Waals surface area contributed by atoms with Crippen LogP contribution in [0.2, 0.25) is 5.15 Å². The molecule has 0 spiro atoms. The lowest BCUT2D eigenvalue weighted by atomic mass is 9.98. The molecule has 2 amide bonds. The van der Waals surface area contributed by atoms with Gasteiger partial charge in [0, 0.05) is 20.1 Å². The van der Waals surface area contributed by atoms with Gasteiger partial charge in [0.1, 0.15) is 11.0 Å². The molecule has 2 aromatic rings. The number of likely N-dealkylation sites (N-methyl/N-ethyl adjacent to an activating group) is 1. The Morgan fingerprint density at radius 2 is 1.97 bits per heavy atom. The molecule has 1 aliphatic heterocycles. The number of piperidine rings is 1. The molecule has 0 aliphatic carbocycles. The number of benzene rings is 1. The van der Waals surface area contributed by atoms with E-state index in [9.17, 15) is 18.8 Å². The lowest BCUT2D eigenvalue weighted by Crippen LogP contribution is -2.47. The van der Waals surface area contributed by atoms with Crippen molar-refractivity contribution < 1.29 is 23.5 Å². The Kier molecular flexibility index (Phi) is 7.50. The number of esters is 1. The van der Waals surface area contributed by atoms with Gasteiger partial charge in [-0.3, -0.25) is 14.4 Å². The van der Waals surface area contributed by atoms with Crippen molar-refractivity contribution in [1.82, 2.24) is 19.6 Å². The molecule has 1 aliphatic rings. The van der Waals surface area contributed by atoms with E-state index in [1.54, 1.807) is 18.7 Å². The summed E-state index contributed by atoms with van der Waals surface area (Å²) in [5.74, 6) is -1.75. The number of halogens is 2. The second-order valence-corrected chi connectivity index (χ2v) is 8.09. The number of rotatable bonds is 6. The molecule has 8 nitrogen and oxygen atoms in total. The third-order valence-corrected chi connectivity index (χ3v) is 5.75. The first-order chi connectivity index (χ1) is 15.2. The minimum Gasteiger partial charge on any atom is -0.466 e. The number of likely N-dealkylation sites (tertiary alicyclic amines) is 1. The molecule has 3 rings (SSSR count). The van der Waals surface area contributed by atoms with Gasteiger partial charge in [-0.2, -0.15) is 5.10 Å². The number of carbonyl (C=O) groups is 3. The molecule has 0 bridgehead atoms. The lowest BCUT2D eigenvalue weighted by molar-refractivity contribution is -0.151. The molecular weight excluding hydrogens is 439 g/mol. The molecule has 1 aromatic heterocycles. The second-order valence-electron chi connectivity index (χ2n) is 7.73. The summed E-state index contributed by atoms with van der Waals surface area (Å²) in [5, 5.41) is 4.38. The van der Waals surface area contributed by atoms with Crippen molar-refractivity contribution in [2.75, 3.05) is 33.3 Å². The van der Waals surface area contributed by atoms with Gasteiger partial charge in [0.05, 0.1) is 36.0 Å². The highest BCUT2D eigenvalue weighted by Gasteiger charge is 2.31. The first kappa shape index (κ1) is 23.7. The van der Waals surface area contributed by atoms with Crippen LogP contribution in [0.15, 0.2) is 24.3 Å². The first-order valence-corrected chi connectivity index (χ1v) is 10.8. The van der Waals surface area contributed by atoms with Gasteiger partial charge in [-0.15, -0.1) is 0 Å². The molecule has 172 valence electrons. The quantitative estimate of drug-likeness (QED) is 0.614. The minimum absolute atomic E-state index is 0.0822. The number of nitrogens with zero attached hydrogens (tertiary/aromatic N) is 4. The average Bonchev–Trinajstić information content (AvgIpc) is 3.07. The summed E-state index contributed by atoms with van der Waals surface area (Å²) in [4.78, 5) is 40.7. The normalized spacial score (nSPS) is 16.0. The van der Waals surface area contributed by atoms with E-state index >= 15 is 0 Å². The lowest BCUT2D eigenvalue weighted by Gasteiger charge is -2.32. The zero-order chi connectivity index (χ0) is 23.4. The van der Waals surface area contributed by atoms with Gasteiger partial charge in [-0.1, -0.05) is 11.6 Å². The minimum atomic E-state index is -0.451. The van der Waals surface area contributed by atoms with Crippen LogP contribution in [0, 0.1) is 18.7 Å². The van der Waals surface area contributed by atoms with Gasteiger partial charge in [0.25, 0.3) is 5.91 Å². The van der Waals surface area contributed by atoms with Crippen molar-refractivity contribution in [2.24, 2.45) is 5.92 Å². The Hall–Kier alpha value is -2.94. The van der Waals surface area contributed by atoms with Gasteiger partial charge < -0.3 is 14.5 Å². The van der Waals surface area contributed by atoms with Crippen molar-refractivity contribution in [1.29, 1.82) is 0 Å². The number of ether oxygens (including phenoxy) is 1. The van der Waals surface area contributed by atoms with Crippen LogP contribution in [0.25, 0.3) is 5.69 Å². The largest absolute Gasteiger partial charge is 0.466 e. The summed E-state index contributed by atoms with van der Waals surface area (Å²) in [6, 6.07) is 5.56. The summed E-state index contributed by atoms with van der Waals surface area (Å²) >= 11 is 6.42. The molecule has 1 aromatic carbocycles. The molecule has 1 fully saturated rings. The maximum Gasteiger partial charge on any atom is 0.310 e. The Morgan fingerprint density at radius 3 is 2.62 bits per heavy atom. The Labute approximate surface area is 190 Å². The number of amides is 2. The smallest absolute Gasteiger partial charge is 0.310 e. The number of aromatic nitrogens is 2. The van der Waals surface area contributed by atoms with Crippen molar-refractivity contribution >= 4 is 29.4 Å². The van der Waals surface area contributed by atoms with Crippen LogP contribution in [-0.2, 0) is 14.3 Å². The maximum absolute atomic E-state index is 13.2. The average molecular weight is 465 g/mol. The van der Waals surface area contributed by atoms with E-state index in [0.29, 0.717) is 37.4 Å². The maximum atomic E-state index is 13.2. The van der Waals surface area contributed by atoms with Gasteiger partial charge in [-0.25, -0.2) is 9.07 Å². The molecule has 1 saturated heterocycles. The van der Waals surface area contributed by atoms with Crippen LogP contribution in [0.1, 0.15) is 35.8 Å². The molecule has 2 heterocycles. The molecule has 0 saturated carbocycles. The van der Waals surface area contributed by atoms with Crippen LogP contribution in [-0.4, -0.2) is 70.7 Å². The number of carbonyl (C=O) groups excluding carboxylic acids is 3. The Morgan fingerprint density at radius 1 is 1.28 bits per heavy atom. The number of aryl methyl sites for hydroxylation is 1. The number of hydrogen-bond acceptors (Lipinski definition) is 5. The van der Waals surface area contributed by atoms with E-state index in [4.69, 9.17) is 16.3 Å². The van der Waals surface area contributed by atoms with Crippen molar-refractivity contribution in [2.45, 2.75) is 26.7 Å². The van der Waals surface area contributed by atoms with E-state index in [1.165, 1.54) is 40.9 Å². The summed E-state index contributed by atoms with van der Waals surface area (Å²) in [6.45, 7) is 4.33. The van der Waals surface area contributed by atoms with E-state index in [2.05, 4.69) is 5.10 Å². The Balaban J connectivity index is 1.70. The van der Waals surface area contributed by atoms with Crippen molar-refractivity contribution in [3.05, 3.63) is 46.5 Å². The van der Waals surface area contributed by atoms with E-state index in [0.717, 1.165) is 0 Å². The first-order valence-electron chi connectivity index (χ1n) is 10.4. The Bertz CT molecular complexity index is 1010. The predicted octanol–water partition coefficient (Wildman–Crippen LogP) is 2.85. The SMILES string of the molecule is CCOC(=O)C1CCCN(C(=O)CN(C)C(=O)c2c(C)nn(-c3ccc(F)cc3)c2Cl)C1. The van der Waals surface area contributed by atoms with Gasteiger partial charge in [0.15, 0.2) is 0 Å². The van der Waals surface area contributed by atoms with Crippen LogP contribution in [0.4, 0.5) is 4.39 Å². The molecule has 0 N–H and O–H groups in total. The van der Waals surface area contributed by atoms with Gasteiger partial charge in [0.2, 0.25) is 5.91 Å². The van der Waals surface area contributed by atoms with Crippen molar-refractivity contribution in [3.8, 4) is 5.69 Å². The topological polar surface area (TPSA) is 84.7 Å². The third-order valence-electron chi connectivity index (χ3n) is 5.40. The fraction of sp³-hybridized carbons (Fsp3) is 0.455.